The highest BCUT2D eigenvalue weighted by molar-refractivity contribution is 5.67. The smallest absolute Gasteiger partial charge is 0.407 e. The second kappa shape index (κ2) is 5.20. The van der Waals surface area contributed by atoms with Gasteiger partial charge in [0.25, 0.3) is 0 Å². The van der Waals surface area contributed by atoms with Gasteiger partial charge in [-0.25, -0.2) is 4.79 Å². The van der Waals surface area contributed by atoms with Gasteiger partial charge in [-0.15, -0.1) is 0 Å². The van der Waals surface area contributed by atoms with Gasteiger partial charge in [0, 0.05) is 6.04 Å². The Bertz CT molecular complexity index is 189. The lowest BCUT2D eigenvalue weighted by molar-refractivity contribution is 0.110. The fraction of sp³-hybridized carbons (Fsp3) is 0.900. The van der Waals surface area contributed by atoms with Gasteiger partial charge < -0.3 is 15.4 Å². The van der Waals surface area contributed by atoms with Crippen molar-refractivity contribution < 1.29 is 9.53 Å². The summed E-state index contributed by atoms with van der Waals surface area (Å²) in [5.74, 6) is 0.537. The predicted octanol–water partition coefficient (Wildman–Crippen LogP) is 1.12. The Balaban J connectivity index is 2.24. The number of carbonyl (C=O) groups is 1. The van der Waals surface area contributed by atoms with Gasteiger partial charge in [-0.05, 0) is 46.2 Å². The number of ether oxygens (including phenoxy) is 1. The van der Waals surface area contributed by atoms with Crippen LogP contribution in [0.2, 0.25) is 0 Å². The molecule has 0 aromatic rings. The van der Waals surface area contributed by atoms with Crippen LogP contribution < -0.4 is 10.6 Å². The average Bonchev–Trinajstić information content (AvgIpc) is 2.53. The number of rotatable bonds is 3. The summed E-state index contributed by atoms with van der Waals surface area (Å²) in [6.07, 6.45) is 0.770. The van der Waals surface area contributed by atoms with Crippen LogP contribution in [-0.4, -0.2) is 31.3 Å². The largest absolute Gasteiger partial charge is 0.447 e. The highest BCUT2D eigenvalue weighted by atomic mass is 16.6. The van der Waals surface area contributed by atoms with Crippen LogP contribution in [0.4, 0.5) is 4.79 Å². The minimum Gasteiger partial charge on any atom is -0.447 e. The van der Waals surface area contributed by atoms with Crippen molar-refractivity contribution in [2.24, 2.45) is 5.92 Å². The maximum absolute atomic E-state index is 11.3. The molecule has 1 aliphatic rings. The van der Waals surface area contributed by atoms with Crippen molar-refractivity contribution in [1.29, 1.82) is 0 Å². The zero-order chi connectivity index (χ0) is 10.6. The van der Waals surface area contributed by atoms with E-state index in [1.54, 1.807) is 0 Å². The quantitative estimate of drug-likeness (QED) is 0.717. The third-order valence-electron chi connectivity index (χ3n) is 2.49. The van der Waals surface area contributed by atoms with Crippen LogP contribution in [0.15, 0.2) is 0 Å². The van der Waals surface area contributed by atoms with Gasteiger partial charge in [0.2, 0.25) is 0 Å². The summed E-state index contributed by atoms with van der Waals surface area (Å²) in [5.41, 5.74) is 0. The zero-order valence-electron chi connectivity index (χ0n) is 9.17. The lowest BCUT2D eigenvalue weighted by atomic mass is 10.0. The summed E-state index contributed by atoms with van der Waals surface area (Å²) < 4.78 is 5.01. The summed E-state index contributed by atoms with van der Waals surface area (Å²) in [7, 11) is 0. The van der Waals surface area contributed by atoms with E-state index in [9.17, 15) is 4.79 Å². The van der Waals surface area contributed by atoms with Crippen molar-refractivity contribution in [2.75, 3.05) is 13.1 Å². The topological polar surface area (TPSA) is 50.4 Å². The molecule has 82 valence electrons. The second-order valence-electron chi connectivity index (χ2n) is 4.14. The molecule has 1 aliphatic heterocycles. The minimum atomic E-state index is -0.306. The maximum Gasteiger partial charge on any atom is 0.407 e. The van der Waals surface area contributed by atoms with Gasteiger partial charge >= 0.3 is 6.09 Å². The molecule has 1 heterocycles. The molecule has 0 spiro atoms. The molecule has 0 radical (unpaired) electrons. The Morgan fingerprint density at radius 2 is 2.21 bits per heavy atom. The Labute approximate surface area is 85.4 Å². The Morgan fingerprint density at radius 1 is 1.50 bits per heavy atom. The van der Waals surface area contributed by atoms with Gasteiger partial charge in [0.1, 0.15) is 0 Å². The van der Waals surface area contributed by atoms with Crippen molar-refractivity contribution in [3.63, 3.8) is 0 Å². The summed E-state index contributed by atoms with van der Waals surface area (Å²) in [4.78, 5) is 11.3. The van der Waals surface area contributed by atoms with Crippen LogP contribution >= 0.6 is 0 Å². The summed E-state index contributed by atoms with van der Waals surface area (Å²) >= 11 is 0. The molecular formula is C10H20N2O2. The van der Waals surface area contributed by atoms with Crippen molar-refractivity contribution in [1.82, 2.24) is 10.6 Å². The van der Waals surface area contributed by atoms with E-state index in [-0.39, 0.29) is 18.2 Å². The van der Waals surface area contributed by atoms with Crippen molar-refractivity contribution in [3.8, 4) is 0 Å². The van der Waals surface area contributed by atoms with Crippen LogP contribution in [-0.2, 0) is 4.74 Å². The lowest BCUT2D eigenvalue weighted by Crippen LogP contribution is -2.40. The Morgan fingerprint density at radius 3 is 2.71 bits per heavy atom. The number of nitrogens with one attached hydrogen (secondary N) is 2. The van der Waals surface area contributed by atoms with Gasteiger partial charge in [-0.1, -0.05) is 0 Å². The number of alkyl carbamates (subject to hydrolysis) is 1. The minimum absolute atomic E-state index is 0.0519. The van der Waals surface area contributed by atoms with Gasteiger partial charge in [-0.2, -0.15) is 0 Å². The van der Waals surface area contributed by atoms with Crippen molar-refractivity contribution >= 4 is 6.09 Å². The van der Waals surface area contributed by atoms with Crippen molar-refractivity contribution in [3.05, 3.63) is 0 Å². The number of carbonyl (C=O) groups excluding carboxylic acids is 1. The van der Waals surface area contributed by atoms with E-state index in [0.29, 0.717) is 5.92 Å². The van der Waals surface area contributed by atoms with E-state index in [4.69, 9.17) is 4.74 Å². The van der Waals surface area contributed by atoms with Crippen LogP contribution in [0.1, 0.15) is 27.2 Å². The lowest BCUT2D eigenvalue weighted by Gasteiger charge is -2.20. The molecule has 1 saturated heterocycles. The van der Waals surface area contributed by atoms with Gasteiger partial charge in [0.15, 0.2) is 0 Å². The molecule has 2 atom stereocenters. The highest BCUT2D eigenvalue weighted by Crippen LogP contribution is 2.12. The van der Waals surface area contributed by atoms with Crippen LogP contribution in [0.5, 0.6) is 0 Å². The monoisotopic (exact) mass is 200 g/mol. The number of hydrogen-bond donors (Lipinski definition) is 2. The molecule has 1 amide bonds. The Hall–Kier alpha value is -0.770. The molecule has 0 aromatic carbocycles. The van der Waals surface area contributed by atoms with E-state index < -0.39 is 0 Å². The molecule has 2 unspecified atom stereocenters. The van der Waals surface area contributed by atoms with Crippen LogP contribution in [0, 0.1) is 5.92 Å². The van der Waals surface area contributed by atoms with Crippen LogP contribution in [0.25, 0.3) is 0 Å². The first-order chi connectivity index (χ1) is 6.59. The normalized spacial score (nSPS) is 23.6. The predicted molar refractivity (Wildman–Crippen MR) is 55.2 cm³/mol. The molecule has 1 rings (SSSR count). The summed E-state index contributed by atoms with van der Waals surface area (Å²) in [6, 6.07) is 0.191. The number of amides is 1. The molecule has 0 saturated carbocycles. The van der Waals surface area contributed by atoms with E-state index in [1.165, 1.54) is 0 Å². The van der Waals surface area contributed by atoms with E-state index in [1.807, 2.05) is 20.8 Å². The molecule has 4 heteroatoms. The molecule has 2 N–H and O–H groups in total. The van der Waals surface area contributed by atoms with E-state index >= 15 is 0 Å². The van der Waals surface area contributed by atoms with Gasteiger partial charge in [-0.3, -0.25) is 0 Å². The van der Waals surface area contributed by atoms with Crippen molar-refractivity contribution in [2.45, 2.75) is 39.3 Å². The first-order valence-electron chi connectivity index (χ1n) is 5.27. The fourth-order valence-electron chi connectivity index (χ4n) is 1.66. The van der Waals surface area contributed by atoms with Gasteiger partial charge in [0.05, 0.1) is 6.10 Å². The molecular weight excluding hydrogens is 180 g/mol. The van der Waals surface area contributed by atoms with Crippen LogP contribution in [0.3, 0.4) is 0 Å². The maximum atomic E-state index is 11.3. The zero-order valence-corrected chi connectivity index (χ0v) is 9.17. The molecule has 4 nitrogen and oxygen atoms in total. The molecule has 1 fully saturated rings. The summed E-state index contributed by atoms with van der Waals surface area (Å²) in [6.45, 7) is 7.76. The standard InChI is InChI=1S/C10H20N2O2/c1-7(2)14-10(13)12-8(3)9-4-5-11-6-9/h7-9,11H,4-6H2,1-3H3,(H,12,13). The third kappa shape index (κ3) is 3.54. The molecule has 0 bridgehead atoms. The fourth-order valence-corrected chi connectivity index (χ4v) is 1.66. The summed E-state index contributed by atoms with van der Waals surface area (Å²) in [5, 5.41) is 6.13. The SMILES string of the molecule is CC(C)OC(=O)NC(C)C1CCNC1. The second-order valence-corrected chi connectivity index (χ2v) is 4.14. The average molecular weight is 200 g/mol. The third-order valence-corrected chi connectivity index (χ3v) is 2.49. The van der Waals surface area contributed by atoms with E-state index in [2.05, 4.69) is 10.6 Å². The highest BCUT2D eigenvalue weighted by Gasteiger charge is 2.22. The molecule has 0 aliphatic carbocycles. The first-order valence-corrected chi connectivity index (χ1v) is 5.27. The Kier molecular flexibility index (Phi) is 4.20. The number of hydrogen-bond acceptors (Lipinski definition) is 3. The first kappa shape index (κ1) is 11.3. The molecule has 14 heavy (non-hydrogen) atoms. The van der Waals surface area contributed by atoms with E-state index in [0.717, 1.165) is 19.5 Å². The molecule has 0 aromatic heterocycles.